The Labute approximate surface area is 87.8 Å². The standard InChI is InChI=1S/C10H14FN3O/c1-3-7-8(11)9(13-6-12-7)14-4-10(2,15)5-14/h6,15H,3-5H2,1-2H3. The molecule has 1 fully saturated rings. The molecule has 1 aliphatic rings. The second-order valence-electron chi connectivity index (χ2n) is 4.16. The summed E-state index contributed by atoms with van der Waals surface area (Å²) >= 11 is 0. The molecule has 1 aromatic heterocycles. The fourth-order valence-electron chi connectivity index (χ4n) is 1.79. The summed E-state index contributed by atoms with van der Waals surface area (Å²) in [5.74, 6) is -0.0659. The SMILES string of the molecule is CCc1ncnc(N2CC(C)(O)C2)c1F. The van der Waals surface area contributed by atoms with Crippen LogP contribution in [0.25, 0.3) is 0 Å². The molecule has 0 amide bonds. The predicted octanol–water partition coefficient (Wildman–Crippen LogP) is 0.749. The second kappa shape index (κ2) is 3.41. The van der Waals surface area contributed by atoms with Crippen LogP contribution in [0.1, 0.15) is 19.5 Å². The molecule has 1 aliphatic heterocycles. The molecule has 0 spiro atoms. The van der Waals surface area contributed by atoms with Crippen molar-refractivity contribution in [3.05, 3.63) is 17.8 Å². The fraction of sp³-hybridized carbons (Fsp3) is 0.600. The van der Waals surface area contributed by atoms with Crippen LogP contribution in [0.4, 0.5) is 10.2 Å². The van der Waals surface area contributed by atoms with Gasteiger partial charge in [-0.3, -0.25) is 0 Å². The van der Waals surface area contributed by atoms with Crippen LogP contribution in [-0.2, 0) is 6.42 Å². The Morgan fingerprint density at radius 2 is 2.20 bits per heavy atom. The van der Waals surface area contributed by atoms with Gasteiger partial charge in [-0.1, -0.05) is 6.92 Å². The molecular formula is C10H14FN3O. The Morgan fingerprint density at radius 3 is 2.73 bits per heavy atom. The monoisotopic (exact) mass is 211 g/mol. The number of anilines is 1. The number of halogens is 1. The van der Waals surface area contributed by atoms with Crippen molar-refractivity contribution >= 4 is 5.82 Å². The van der Waals surface area contributed by atoms with E-state index in [-0.39, 0.29) is 5.82 Å². The molecule has 2 rings (SSSR count). The summed E-state index contributed by atoms with van der Waals surface area (Å²) in [6.45, 7) is 4.42. The minimum absolute atomic E-state index is 0.299. The summed E-state index contributed by atoms with van der Waals surface area (Å²) in [5.41, 5.74) is -0.296. The maximum Gasteiger partial charge on any atom is 0.187 e. The number of aromatic nitrogens is 2. The van der Waals surface area contributed by atoms with Gasteiger partial charge in [0.2, 0.25) is 0 Å². The number of hydrogen-bond acceptors (Lipinski definition) is 4. The average Bonchev–Trinajstić information content (AvgIpc) is 2.14. The Balaban J connectivity index is 2.23. The highest BCUT2D eigenvalue weighted by atomic mass is 19.1. The fourth-order valence-corrected chi connectivity index (χ4v) is 1.79. The van der Waals surface area contributed by atoms with Gasteiger partial charge in [0, 0.05) is 13.1 Å². The third kappa shape index (κ3) is 1.79. The minimum atomic E-state index is -0.718. The van der Waals surface area contributed by atoms with Gasteiger partial charge in [0.15, 0.2) is 11.6 Å². The first-order valence-electron chi connectivity index (χ1n) is 5.00. The molecule has 0 radical (unpaired) electrons. The first-order chi connectivity index (χ1) is 7.03. The molecule has 2 heterocycles. The average molecular weight is 211 g/mol. The Hall–Kier alpha value is -1.23. The zero-order valence-electron chi connectivity index (χ0n) is 8.87. The Morgan fingerprint density at radius 1 is 1.53 bits per heavy atom. The molecule has 0 unspecified atom stereocenters. The van der Waals surface area contributed by atoms with E-state index in [9.17, 15) is 9.50 Å². The number of aliphatic hydroxyl groups is 1. The lowest BCUT2D eigenvalue weighted by atomic mass is 9.97. The number of rotatable bonds is 2. The van der Waals surface area contributed by atoms with E-state index < -0.39 is 5.60 Å². The zero-order valence-corrected chi connectivity index (χ0v) is 8.87. The summed E-state index contributed by atoms with van der Waals surface area (Å²) in [4.78, 5) is 9.48. The van der Waals surface area contributed by atoms with Crippen LogP contribution < -0.4 is 4.90 Å². The molecule has 1 N–H and O–H groups in total. The normalized spacial score (nSPS) is 18.8. The second-order valence-corrected chi connectivity index (χ2v) is 4.16. The van der Waals surface area contributed by atoms with Gasteiger partial charge in [-0.2, -0.15) is 0 Å². The van der Waals surface area contributed by atoms with E-state index in [0.29, 0.717) is 31.0 Å². The topological polar surface area (TPSA) is 49.2 Å². The van der Waals surface area contributed by atoms with E-state index in [4.69, 9.17) is 0 Å². The highest BCUT2D eigenvalue weighted by Gasteiger charge is 2.38. The van der Waals surface area contributed by atoms with Gasteiger partial charge in [-0.05, 0) is 13.3 Å². The maximum absolute atomic E-state index is 13.7. The predicted molar refractivity (Wildman–Crippen MR) is 54.2 cm³/mol. The van der Waals surface area contributed by atoms with Gasteiger partial charge >= 0.3 is 0 Å². The third-order valence-electron chi connectivity index (χ3n) is 2.54. The van der Waals surface area contributed by atoms with Gasteiger partial charge in [-0.25, -0.2) is 14.4 Å². The van der Waals surface area contributed by atoms with E-state index in [0.717, 1.165) is 0 Å². The molecule has 0 aromatic carbocycles. The zero-order chi connectivity index (χ0) is 11.1. The molecule has 0 saturated carbocycles. The van der Waals surface area contributed by atoms with Crippen molar-refractivity contribution in [3.63, 3.8) is 0 Å². The van der Waals surface area contributed by atoms with Crippen molar-refractivity contribution in [1.82, 2.24) is 9.97 Å². The van der Waals surface area contributed by atoms with Gasteiger partial charge in [0.05, 0.1) is 11.3 Å². The lowest BCUT2D eigenvalue weighted by Crippen LogP contribution is -2.60. The molecule has 0 atom stereocenters. The van der Waals surface area contributed by atoms with Gasteiger partial charge < -0.3 is 10.0 Å². The first-order valence-corrected chi connectivity index (χ1v) is 5.00. The van der Waals surface area contributed by atoms with Crippen LogP contribution in [-0.4, -0.2) is 33.8 Å². The van der Waals surface area contributed by atoms with Crippen molar-refractivity contribution < 1.29 is 9.50 Å². The van der Waals surface area contributed by atoms with Crippen LogP contribution in [0.15, 0.2) is 6.33 Å². The number of nitrogens with zero attached hydrogens (tertiary/aromatic N) is 3. The lowest BCUT2D eigenvalue weighted by Gasteiger charge is -2.44. The molecule has 1 aromatic rings. The lowest BCUT2D eigenvalue weighted by molar-refractivity contribution is 0.0300. The summed E-state index contributed by atoms with van der Waals surface area (Å²) in [7, 11) is 0. The summed E-state index contributed by atoms with van der Waals surface area (Å²) in [6, 6.07) is 0. The van der Waals surface area contributed by atoms with E-state index in [1.54, 1.807) is 11.8 Å². The third-order valence-corrected chi connectivity index (χ3v) is 2.54. The van der Waals surface area contributed by atoms with E-state index in [2.05, 4.69) is 9.97 Å². The van der Waals surface area contributed by atoms with Crippen molar-refractivity contribution in [2.45, 2.75) is 25.9 Å². The maximum atomic E-state index is 13.7. The summed E-state index contributed by atoms with van der Waals surface area (Å²) in [6.07, 6.45) is 1.91. The van der Waals surface area contributed by atoms with Crippen LogP contribution in [0, 0.1) is 5.82 Å². The molecular weight excluding hydrogens is 197 g/mol. The molecule has 0 aliphatic carbocycles. The number of β-amino-alcohol motifs (C(OH)–C–C–N with tert-alkyl or cyclic N) is 1. The van der Waals surface area contributed by atoms with Gasteiger partial charge in [0.1, 0.15) is 6.33 Å². The number of aryl methyl sites for hydroxylation is 1. The van der Waals surface area contributed by atoms with Gasteiger partial charge in [-0.15, -0.1) is 0 Å². The molecule has 15 heavy (non-hydrogen) atoms. The first kappa shape index (κ1) is 10.3. The Kier molecular flexibility index (Phi) is 2.34. The summed E-state index contributed by atoms with van der Waals surface area (Å²) < 4.78 is 13.7. The molecule has 82 valence electrons. The molecule has 1 saturated heterocycles. The molecule has 5 heteroatoms. The Bertz CT molecular complexity index is 373. The van der Waals surface area contributed by atoms with Gasteiger partial charge in [0.25, 0.3) is 0 Å². The molecule has 4 nitrogen and oxygen atoms in total. The summed E-state index contributed by atoms with van der Waals surface area (Å²) in [5, 5.41) is 9.55. The van der Waals surface area contributed by atoms with Crippen LogP contribution >= 0.6 is 0 Å². The van der Waals surface area contributed by atoms with Crippen LogP contribution in [0.2, 0.25) is 0 Å². The van der Waals surface area contributed by atoms with Crippen molar-refractivity contribution in [1.29, 1.82) is 0 Å². The van der Waals surface area contributed by atoms with Crippen LogP contribution in [0.3, 0.4) is 0 Å². The van der Waals surface area contributed by atoms with Crippen molar-refractivity contribution in [2.24, 2.45) is 0 Å². The van der Waals surface area contributed by atoms with E-state index in [1.807, 2.05) is 6.92 Å². The largest absolute Gasteiger partial charge is 0.386 e. The quantitative estimate of drug-likeness (QED) is 0.784. The minimum Gasteiger partial charge on any atom is -0.386 e. The molecule has 0 bridgehead atoms. The highest BCUT2D eigenvalue weighted by Crippen LogP contribution is 2.28. The van der Waals surface area contributed by atoms with Crippen molar-refractivity contribution in [3.8, 4) is 0 Å². The smallest absolute Gasteiger partial charge is 0.187 e. The van der Waals surface area contributed by atoms with E-state index >= 15 is 0 Å². The van der Waals surface area contributed by atoms with Crippen LogP contribution in [0.5, 0.6) is 0 Å². The highest BCUT2D eigenvalue weighted by molar-refractivity contribution is 5.45. The van der Waals surface area contributed by atoms with E-state index in [1.165, 1.54) is 6.33 Å². The van der Waals surface area contributed by atoms with Crippen molar-refractivity contribution in [2.75, 3.05) is 18.0 Å². The number of hydrogen-bond donors (Lipinski definition) is 1.